The lowest BCUT2D eigenvalue weighted by atomic mass is 10.0. The van der Waals surface area contributed by atoms with Crippen LogP contribution in [-0.4, -0.2) is 29.9 Å². The van der Waals surface area contributed by atoms with E-state index in [0.29, 0.717) is 11.1 Å². The van der Waals surface area contributed by atoms with Crippen LogP contribution in [-0.2, 0) is 25.7 Å². The standard InChI is InChI=1S/C74H36F16N6O4/c75-51-33-15-7-9-17-35-55(79)63(87)73(64(88)56(35)80)99-69-43-25-21-39(93-43)50(32-13-5-2-6-14-32)40-22-26-44(94-40)70-48-30-28-46(96-48)68(98-72-61(85)53(77)34(54(78)62(72)86)16-8-10-18-36-57(81)65(89)74(100-70)66(90)58(36)82)42-24-20-38(92-42)49(31-11-3-1-4-12-31)37-19-23-41(91-37)67(45-27-29-47(69)95-45)97-71(59(51)83)60(84)52(33)76/h1-14,19-30,91,94H,15-18H2/b9-7-,10-8-,49-37?,49-38?,50-39?,50-40?,67-41?,67-45?,68-42?,68-46?,69-43?,69-47?,70-44?,70-48?. The first kappa shape index (κ1) is 63.8. The van der Waals surface area contributed by atoms with Crippen LogP contribution in [0, 0.1) is 93.1 Å². The fourth-order valence-corrected chi connectivity index (χ4v) is 11.8. The Labute approximate surface area is 551 Å². The molecule has 0 saturated carbocycles. The van der Waals surface area contributed by atoms with Crippen molar-refractivity contribution in [3.8, 4) is 68.2 Å². The van der Waals surface area contributed by atoms with Gasteiger partial charge in [-0.05, 0) is 110 Å². The Morgan fingerprint density at radius 2 is 0.450 bits per heavy atom. The van der Waals surface area contributed by atoms with Crippen molar-refractivity contribution in [2.24, 2.45) is 0 Å². The van der Waals surface area contributed by atoms with E-state index in [1.807, 2.05) is 0 Å². The van der Waals surface area contributed by atoms with Gasteiger partial charge in [-0.25, -0.2) is 55.1 Å². The van der Waals surface area contributed by atoms with E-state index in [0.717, 1.165) is 48.6 Å². The van der Waals surface area contributed by atoms with Gasteiger partial charge in [0.25, 0.3) is 0 Å². The van der Waals surface area contributed by atoms with E-state index >= 15 is 70.2 Å². The second-order valence-electron chi connectivity index (χ2n) is 22.7. The van der Waals surface area contributed by atoms with Crippen molar-refractivity contribution >= 4 is 70.7 Å². The predicted molar refractivity (Wildman–Crippen MR) is 337 cm³/mol. The van der Waals surface area contributed by atoms with Gasteiger partial charge in [-0.15, -0.1) is 0 Å². The summed E-state index contributed by atoms with van der Waals surface area (Å²) in [5.74, 6) is -42.2. The monoisotopic (exact) mass is 1380 g/mol. The second kappa shape index (κ2) is 25.0. The van der Waals surface area contributed by atoms with Crippen LogP contribution in [0.2, 0.25) is 0 Å². The first-order valence-corrected chi connectivity index (χ1v) is 29.9. The summed E-state index contributed by atoms with van der Waals surface area (Å²) in [6, 6.07) is 21.0. The lowest BCUT2D eigenvalue weighted by Crippen LogP contribution is -2.07. The third-order valence-electron chi connectivity index (χ3n) is 16.7. The minimum Gasteiger partial charge on any atom is -0.446 e. The third kappa shape index (κ3) is 10.7. The summed E-state index contributed by atoms with van der Waals surface area (Å²) in [4.78, 5) is 24.6. The molecule has 21 rings (SSSR count). The molecule has 0 fully saturated rings. The Hall–Kier alpha value is -12.2. The van der Waals surface area contributed by atoms with E-state index in [1.165, 1.54) is 48.6 Å². The van der Waals surface area contributed by atoms with E-state index in [9.17, 15) is 0 Å². The summed E-state index contributed by atoms with van der Waals surface area (Å²) in [5.41, 5.74) is -7.91. The molecule has 0 unspecified atom stereocenters. The first-order valence-electron chi connectivity index (χ1n) is 29.9. The number of halogens is 16. The third-order valence-corrected chi connectivity index (χ3v) is 16.7. The topological polar surface area (TPSA) is 120 Å². The van der Waals surface area contributed by atoms with Crippen molar-refractivity contribution in [3.63, 3.8) is 0 Å². The molecule has 0 aliphatic carbocycles. The van der Waals surface area contributed by atoms with Gasteiger partial charge in [0, 0.05) is 44.4 Å². The quantitative estimate of drug-likeness (QED) is 0.0998. The predicted octanol–water partition coefficient (Wildman–Crippen LogP) is 20.7. The SMILES string of the molecule is Fc1c(F)c2c(F)c(F)c1C/C=C\Cc1c(F)c(F)c(c(F)c1F)Oc1c3nc(c(c4nc(c(-c5ccccc5)c5ccc([nH]5)c5c6nc(c(c7nc(c(-c8ccccc8)c8ccc1[nH]8)C=C7)Oc1c(F)c(F)c(c(F)c1F)C/C=C\Cc1c(F)c(F)c(c(F)c1F)O5)C=C6)C=C4)O2)C=C3. The van der Waals surface area contributed by atoms with E-state index in [-0.39, 0.29) is 44.6 Å². The van der Waals surface area contributed by atoms with Gasteiger partial charge in [0.05, 0.1) is 22.4 Å². The normalized spacial score (nSPS) is 14.2. The van der Waals surface area contributed by atoms with Crippen molar-refractivity contribution in [3.05, 3.63) is 270 Å². The highest BCUT2D eigenvalue weighted by Gasteiger charge is 2.35. The lowest BCUT2D eigenvalue weighted by Gasteiger charge is -2.13. The number of ether oxygens (including phenoxy) is 4. The van der Waals surface area contributed by atoms with E-state index < -0.39 is 221 Å². The summed E-state index contributed by atoms with van der Waals surface area (Å²) in [5, 5.41) is 0. The maximum atomic E-state index is 16.6. The average molecular weight is 1380 g/mol. The number of aromatic amines is 2. The first-order chi connectivity index (χ1) is 48.2. The molecular formula is C74H36F16N6O4. The highest BCUT2D eigenvalue weighted by Crippen LogP contribution is 2.46. The van der Waals surface area contributed by atoms with Gasteiger partial charge in [-0.1, -0.05) is 85.0 Å². The molecule has 0 atom stereocenters. The maximum absolute atomic E-state index is 16.6. The maximum Gasteiger partial charge on any atom is 0.205 e. The molecule has 12 aliphatic heterocycles. The zero-order chi connectivity index (χ0) is 69.7. The molecule has 0 amide bonds. The summed E-state index contributed by atoms with van der Waals surface area (Å²) in [6.45, 7) is 0. The number of allylic oxidation sites excluding steroid dienone is 4. The molecule has 6 aromatic carbocycles. The molecule has 15 heterocycles. The molecule has 9 aromatic rings. The lowest BCUT2D eigenvalue weighted by molar-refractivity contribution is 0.359. The molecule has 10 nitrogen and oxygen atoms in total. The zero-order valence-electron chi connectivity index (χ0n) is 50.3. The van der Waals surface area contributed by atoms with Gasteiger partial charge < -0.3 is 28.9 Å². The molecule has 0 radical (unpaired) electrons. The Bertz CT molecular complexity index is 5190. The van der Waals surface area contributed by atoms with Crippen LogP contribution < -0.4 is 18.9 Å². The fourth-order valence-electron chi connectivity index (χ4n) is 11.8. The van der Waals surface area contributed by atoms with Gasteiger partial charge in [0.2, 0.25) is 69.5 Å². The second-order valence-corrected chi connectivity index (χ2v) is 22.7. The van der Waals surface area contributed by atoms with Crippen LogP contribution in [0.4, 0.5) is 70.2 Å². The van der Waals surface area contributed by atoms with E-state index in [1.54, 1.807) is 60.7 Å². The summed E-state index contributed by atoms with van der Waals surface area (Å²) >= 11 is 0. The van der Waals surface area contributed by atoms with Crippen molar-refractivity contribution in [1.29, 1.82) is 0 Å². The van der Waals surface area contributed by atoms with Gasteiger partial charge >= 0.3 is 0 Å². The molecule has 498 valence electrons. The van der Waals surface area contributed by atoms with Gasteiger partial charge in [-0.3, -0.25) is 0 Å². The number of hydrogen-bond acceptors (Lipinski definition) is 8. The minimum atomic E-state index is -2.08. The molecule has 100 heavy (non-hydrogen) atoms. The number of hydrogen-bond donors (Lipinski definition) is 2. The highest BCUT2D eigenvalue weighted by atomic mass is 19.2. The molecule has 24 bridgehead atoms. The number of benzene rings is 6. The molecule has 3 aromatic heterocycles. The summed E-state index contributed by atoms with van der Waals surface area (Å²) in [6.07, 6.45) is 8.74. The van der Waals surface area contributed by atoms with Crippen molar-refractivity contribution < 1.29 is 89.2 Å². The van der Waals surface area contributed by atoms with Crippen LogP contribution in [0.1, 0.15) is 67.8 Å². The summed E-state index contributed by atoms with van der Waals surface area (Å²) < 4.78 is 286. The smallest absolute Gasteiger partial charge is 0.205 e. The molecule has 26 heteroatoms. The average Bonchev–Trinajstić information content (AvgIpc) is 1.60. The van der Waals surface area contributed by atoms with Gasteiger partial charge in [0.1, 0.15) is 34.2 Å². The van der Waals surface area contributed by atoms with Crippen molar-refractivity contribution in [2.45, 2.75) is 25.7 Å². The number of H-pyrrole nitrogens is 2. The van der Waals surface area contributed by atoms with Crippen LogP contribution in [0.15, 0.2) is 109 Å². The molecule has 12 aliphatic rings. The van der Waals surface area contributed by atoms with Crippen molar-refractivity contribution in [2.75, 3.05) is 0 Å². The molecular weight excluding hydrogens is 1340 g/mol. The van der Waals surface area contributed by atoms with E-state index in [2.05, 4.69) is 19.9 Å². The van der Waals surface area contributed by atoms with Crippen LogP contribution >= 0.6 is 0 Å². The molecule has 0 spiro atoms. The largest absolute Gasteiger partial charge is 0.446 e. The Morgan fingerprint density at radius 1 is 0.230 bits per heavy atom. The van der Waals surface area contributed by atoms with Crippen LogP contribution in [0.25, 0.3) is 92.9 Å². The highest BCUT2D eigenvalue weighted by molar-refractivity contribution is 5.95. The van der Waals surface area contributed by atoms with Gasteiger partial charge in [0.15, 0.2) is 69.5 Å². The number of fused-ring (bicyclic) bond motifs is 8. The number of nitrogens with zero attached hydrogens (tertiary/aromatic N) is 4. The number of rotatable bonds is 2. The molecule has 2 N–H and O–H groups in total. The minimum absolute atomic E-state index is 0.000246. The Balaban J connectivity index is 1.12. The van der Waals surface area contributed by atoms with E-state index in [4.69, 9.17) is 28.9 Å². The van der Waals surface area contributed by atoms with Gasteiger partial charge in [-0.2, -0.15) is 35.1 Å². The van der Waals surface area contributed by atoms with Crippen molar-refractivity contribution in [1.82, 2.24) is 29.9 Å². The Morgan fingerprint density at radius 3 is 0.720 bits per heavy atom. The number of nitrogens with one attached hydrogen (secondary N) is 2. The number of aromatic nitrogens is 6. The molecule has 0 saturated heterocycles. The summed E-state index contributed by atoms with van der Waals surface area (Å²) in [7, 11) is 0. The van der Waals surface area contributed by atoms with Crippen LogP contribution in [0.5, 0.6) is 46.0 Å². The fraction of sp³-hybridized carbons (Fsp3) is 0.0541. The van der Waals surface area contributed by atoms with Crippen LogP contribution in [0.3, 0.4) is 0 Å². The zero-order valence-corrected chi connectivity index (χ0v) is 50.3. The Kier molecular flexibility index (Phi) is 16.0.